The van der Waals surface area contributed by atoms with Crippen LogP contribution < -0.4 is 0 Å². The molecule has 0 aliphatic carbocycles. The number of halogens is 8. The van der Waals surface area contributed by atoms with Crippen LogP contribution in [0.15, 0.2) is 12.7 Å². The van der Waals surface area contributed by atoms with Crippen LogP contribution in [0.1, 0.15) is 25.7 Å². The van der Waals surface area contributed by atoms with Crippen LogP contribution >= 0.6 is 0 Å². The minimum absolute atomic E-state index is 0.0167. The summed E-state index contributed by atoms with van der Waals surface area (Å²) in [5, 5.41) is 7.99. The molecule has 0 atom stereocenters. The molecule has 0 aromatic rings. The van der Waals surface area contributed by atoms with Crippen LogP contribution in [0.5, 0.6) is 0 Å². The van der Waals surface area contributed by atoms with Gasteiger partial charge in [-0.15, -0.1) is 6.58 Å². The van der Waals surface area contributed by atoms with Crippen LogP contribution in [0.25, 0.3) is 0 Å². The van der Waals surface area contributed by atoms with Gasteiger partial charge in [0, 0.05) is 6.42 Å². The van der Waals surface area contributed by atoms with Crippen molar-refractivity contribution in [3.63, 3.8) is 0 Å². The van der Waals surface area contributed by atoms with E-state index in [1.807, 2.05) is 0 Å². The van der Waals surface area contributed by atoms with E-state index >= 15 is 0 Å². The second-order valence-electron chi connectivity index (χ2n) is 4.25. The van der Waals surface area contributed by atoms with Gasteiger partial charge in [0.1, 0.15) is 6.61 Å². The zero-order valence-electron chi connectivity index (χ0n) is 10.3. The first kappa shape index (κ1) is 19.1. The van der Waals surface area contributed by atoms with E-state index in [-0.39, 0.29) is 12.8 Å². The third-order valence-corrected chi connectivity index (χ3v) is 2.66. The van der Waals surface area contributed by atoms with Crippen molar-refractivity contribution in [2.75, 3.05) is 6.61 Å². The smallest absolute Gasteiger partial charge is 0.380 e. The van der Waals surface area contributed by atoms with E-state index in [1.165, 1.54) is 6.08 Å². The summed E-state index contributed by atoms with van der Waals surface area (Å²) in [4.78, 5) is 0. The van der Waals surface area contributed by atoms with Crippen LogP contribution in [-0.2, 0) is 0 Å². The fraction of sp³-hybridized carbons (Fsp3) is 0.818. The highest BCUT2D eigenvalue weighted by Gasteiger charge is 2.79. The Balaban J connectivity index is 5.12. The lowest BCUT2D eigenvalue weighted by atomic mass is 9.95. The molecular formula is C11H14F8O. The molecule has 0 aromatic heterocycles. The molecule has 0 fully saturated rings. The lowest BCUT2D eigenvalue weighted by molar-refractivity contribution is -0.371. The Morgan fingerprint density at radius 3 is 1.65 bits per heavy atom. The van der Waals surface area contributed by atoms with Crippen molar-refractivity contribution in [1.29, 1.82) is 0 Å². The Bertz CT molecular complexity index is 326. The molecule has 20 heavy (non-hydrogen) atoms. The first-order chi connectivity index (χ1) is 8.87. The molecule has 0 heterocycles. The van der Waals surface area contributed by atoms with Gasteiger partial charge in [0.05, 0.1) is 0 Å². The number of hydrogen-bond donors (Lipinski definition) is 1. The minimum atomic E-state index is -6.36. The second-order valence-corrected chi connectivity index (χ2v) is 4.25. The number of hydrogen-bond acceptors (Lipinski definition) is 1. The summed E-state index contributed by atoms with van der Waals surface area (Å²) in [7, 11) is 0. The number of aliphatic hydroxyl groups is 1. The second kappa shape index (κ2) is 6.28. The van der Waals surface area contributed by atoms with Gasteiger partial charge in [0.25, 0.3) is 0 Å². The highest BCUT2D eigenvalue weighted by Crippen LogP contribution is 2.53. The van der Waals surface area contributed by atoms with E-state index in [1.54, 1.807) is 0 Å². The van der Waals surface area contributed by atoms with Crippen molar-refractivity contribution in [2.45, 2.75) is 49.4 Å². The van der Waals surface area contributed by atoms with Crippen molar-refractivity contribution >= 4 is 0 Å². The molecular weight excluding hydrogens is 300 g/mol. The molecule has 0 aliphatic rings. The third kappa shape index (κ3) is 3.42. The van der Waals surface area contributed by atoms with E-state index in [9.17, 15) is 35.1 Å². The molecule has 0 aliphatic heterocycles. The molecule has 1 N–H and O–H groups in total. The Kier molecular flexibility index (Phi) is 6.01. The highest BCUT2D eigenvalue weighted by atomic mass is 19.4. The largest absolute Gasteiger partial charge is 0.390 e. The minimum Gasteiger partial charge on any atom is -0.390 e. The van der Waals surface area contributed by atoms with Gasteiger partial charge in [0.15, 0.2) is 0 Å². The molecule has 0 saturated heterocycles. The van der Waals surface area contributed by atoms with Crippen LogP contribution in [0.2, 0.25) is 0 Å². The van der Waals surface area contributed by atoms with E-state index in [0.717, 1.165) is 0 Å². The number of rotatable bonds is 9. The van der Waals surface area contributed by atoms with Crippen molar-refractivity contribution in [3.8, 4) is 0 Å². The Hall–Kier alpha value is -0.860. The summed E-state index contributed by atoms with van der Waals surface area (Å²) in [5.74, 6) is -23.6. The predicted octanol–water partition coefficient (Wildman–Crippen LogP) is 4.27. The van der Waals surface area contributed by atoms with Gasteiger partial charge in [-0.25, -0.2) is 0 Å². The lowest BCUT2D eigenvalue weighted by Gasteiger charge is -2.36. The molecule has 0 spiro atoms. The van der Waals surface area contributed by atoms with Crippen LogP contribution in [0.3, 0.4) is 0 Å². The first-order valence-corrected chi connectivity index (χ1v) is 5.60. The van der Waals surface area contributed by atoms with Crippen molar-refractivity contribution in [3.05, 3.63) is 12.7 Å². The Labute approximate surface area is 110 Å². The Morgan fingerprint density at radius 2 is 1.25 bits per heavy atom. The standard InChI is InChI=1S/C11H14F8O/c1-2-3-4-5-6-8(12,13)10(16,17)11(18,19)9(14,15)7-20/h2,20H,1,3-7H2. The monoisotopic (exact) mass is 314 g/mol. The Morgan fingerprint density at radius 1 is 0.800 bits per heavy atom. The first-order valence-electron chi connectivity index (χ1n) is 5.60. The third-order valence-electron chi connectivity index (χ3n) is 2.66. The summed E-state index contributed by atoms with van der Waals surface area (Å²) in [6.07, 6.45) is -0.743. The fourth-order valence-electron chi connectivity index (χ4n) is 1.35. The predicted molar refractivity (Wildman–Crippen MR) is 55.5 cm³/mol. The van der Waals surface area contributed by atoms with Crippen LogP contribution in [0, 0.1) is 0 Å². The number of allylic oxidation sites excluding steroid dienone is 1. The molecule has 0 saturated carbocycles. The molecule has 9 heteroatoms. The zero-order chi connectivity index (χ0) is 16.2. The van der Waals surface area contributed by atoms with Gasteiger partial charge in [-0.2, -0.15) is 35.1 Å². The topological polar surface area (TPSA) is 20.2 Å². The number of alkyl halides is 8. The van der Waals surface area contributed by atoms with Crippen LogP contribution in [-0.4, -0.2) is 35.4 Å². The van der Waals surface area contributed by atoms with Crippen molar-refractivity contribution < 1.29 is 40.2 Å². The maximum absolute atomic E-state index is 13.1. The molecule has 0 amide bonds. The van der Waals surface area contributed by atoms with Gasteiger partial charge in [-0.3, -0.25) is 0 Å². The van der Waals surface area contributed by atoms with E-state index in [4.69, 9.17) is 5.11 Å². The normalized spacial score (nSPS) is 14.4. The summed E-state index contributed by atoms with van der Waals surface area (Å²) < 4.78 is 103. The molecule has 0 aromatic carbocycles. The SMILES string of the molecule is C=CCCCCC(F)(F)C(F)(F)C(F)(F)C(F)(F)CO. The van der Waals surface area contributed by atoms with Gasteiger partial charge < -0.3 is 5.11 Å². The number of aliphatic hydroxyl groups excluding tert-OH is 1. The van der Waals surface area contributed by atoms with Crippen molar-refractivity contribution in [1.82, 2.24) is 0 Å². The van der Waals surface area contributed by atoms with Gasteiger partial charge in [-0.1, -0.05) is 6.08 Å². The maximum atomic E-state index is 13.1. The van der Waals surface area contributed by atoms with E-state index in [2.05, 4.69) is 6.58 Å². The molecule has 0 bridgehead atoms. The van der Waals surface area contributed by atoms with Crippen LogP contribution in [0.4, 0.5) is 35.1 Å². The summed E-state index contributed by atoms with van der Waals surface area (Å²) in [5.41, 5.74) is 0. The quantitative estimate of drug-likeness (QED) is 0.383. The number of unbranched alkanes of at least 4 members (excludes halogenated alkanes) is 2. The summed E-state index contributed by atoms with van der Waals surface area (Å²) >= 11 is 0. The zero-order valence-corrected chi connectivity index (χ0v) is 10.3. The summed E-state index contributed by atoms with van der Waals surface area (Å²) in [6.45, 7) is 0.579. The summed E-state index contributed by atoms with van der Waals surface area (Å²) in [6, 6.07) is 0. The molecule has 1 nitrogen and oxygen atoms in total. The average Bonchev–Trinajstić information content (AvgIpc) is 2.34. The van der Waals surface area contributed by atoms with Crippen molar-refractivity contribution in [2.24, 2.45) is 0 Å². The fourth-order valence-corrected chi connectivity index (χ4v) is 1.35. The highest BCUT2D eigenvalue weighted by molar-refractivity contribution is 5.03. The van der Waals surface area contributed by atoms with E-state index < -0.39 is 43.1 Å². The molecule has 0 rings (SSSR count). The lowest BCUT2D eigenvalue weighted by Crippen LogP contribution is -2.63. The average molecular weight is 314 g/mol. The van der Waals surface area contributed by atoms with Gasteiger partial charge >= 0.3 is 23.7 Å². The van der Waals surface area contributed by atoms with E-state index in [0.29, 0.717) is 0 Å². The maximum Gasteiger partial charge on any atom is 0.380 e. The van der Waals surface area contributed by atoms with Gasteiger partial charge in [0.2, 0.25) is 0 Å². The molecule has 120 valence electrons. The molecule has 0 unspecified atom stereocenters. The van der Waals surface area contributed by atoms with Gasteiger partial charge in [-0.05, 0) is 19.3 Å². The molecule has 0 radical (unpaired) electrons.